The first-order valence-corrected chi connectivity index (χ1v) is 2.65. The molecule has 0 fully saturated rings. The Labute approximate surface area is 76.7 Å². The first-order chi connectivity index (χ1) is 3.06. The van der Waals surface area contributed by atoms with Crippen LogP contribution in [-0.4, -0.2) is 16.2 Å². The van der Waals surface area contributed by atoms with Crippen LogP contribution in [-0.2, 0) is 32.7 Å². The predicted octanol–water partition coefficient (Wildman–Crippen LogP) is 1.43. The maximum Gasteiger partial charge on any atom is 3.00 e. The average molecular weight is 209 g/mol. The molecule has 0 saturated heterocycles. The molecule has 0 amide bonds. The normalized spacial score (nSPS) is 10.5. The number of hydrogen-bond donors (Lipinski definition) is 0. The van der Waals surface area contributed by atoms with E-state index in [9.17, 15) is 8.78 Å². The molecule has 0 nitrogen and oxygen atoms in total. The summed E-state index contributed by atoms with van der Waals surface area (Å²) in [5, 5.41) is 0. The van der Waals surface area contributed by atoms with Crippen LogP contribution in [0.25, 0.3) is 0 Å². The van der Waals surface area contributed by atoms with E-state index in [0.717, 1.165) is 0 Å². The first kappa shape index (κ1) is 11.9. The molecule has 0 aliphatic carbocycles. The van der Waals surface area contributed by atoms with Crippen LogP contribution in [0.15, 0.2) is 0 Å². The van der Waals surface area contributed by atoms with E-state index < -0.39 is 5.92 Å². The van der Waals surface area contributed by atoms with Crippen LogP contribution in [0.5, 0.6) is 0 Å². The Morgan fingerprint density at radius 1 is 1.50 bits per heavy atom. The molecule has 0 aromatic rings. The van der Waals surface area contributed by atoms with E-state index in [1.165, 1.54) is 0 Å². The summed E-state index contributed by atoms with van der Waals surface area (Å²) in [5.41, 5.74) is 0. The van der Waals surface area contributed by atoms with Gasteiger partial charge in [0, 0.05) is 10.2 Å². The Morgan fingerprint density at radius 3 is 1.88 bits per heavy atom. The zero-order valence-corrected chi connectivity index (χ0v) is 8.29. The Kier molecular flexibility index (Phi) is 7.45. The molecule has 0 saturated carbocycles. The maximum absolute atomic E-state index is 11.6. The Morgan fingerprint density at radius 2 is 1.88 bits per heavy atom. The van der Waals surface area contributed by atoms with Crippen molar-refractivity contribution in [1.82, 2.24) is 0 Å². The van der Waals surface area contributed by atoms with Crippen molar-refractivity contribution in [2.75, 3.05) is 0 Å². The standard InChI is InChI=1S/C4H6F2Si.Y/c1-4(5,6)2-3-7;/h1-3H2;/q-1;+3. The second kappa shape index (κ2) is 5.00. The fraction of sp³-hybridized carbons (Fsp3) is 0.750. The quantitative estimate of drug-likeness (QED) is 0.476. The predicted molar refractivity (Wildman–Crippen MR) is 25.5 cm³/mol. The number of halogens is 2. The van der Waals surface area contributed by atoms with Gasteiger partial charge in [-0.1, -0.05) is 6.04 Å². The molecule has 0 spiro atoms. The van der Waals surface area contributed by atoms with Crippen molar-refractivity contribution in [2.45, 2.75) is 18.4 Å². The van der Waals surface area contributed by atoms with Crippen molar-refractivity contribution < 1.29 is 41.5 Å². The van der Waals surface area contributed by atoms with Gasteiger partial charge in [0.15, 0.2) is 0 Å². The van der Waals surface area contributed by atoms with Gasteiger partial charge < -0.3 is 0 Å². The molecule has 0 N–H and O–H groups in total. The van der Waals surface area contributed by atoms with Gasteiger partial charge in [0.2, 0.25) is 0 Å². The molecule has 0 aliphatic rings. The van der Waals surface area contributed by atoms with Crippen molar-refractivity contribution in [3.8, 4) is 0 Å². The SMILES string of the molecule is [CH2-]C(F)(F)CC[Si].[Y+3]. The molecule has 0 heterocycles. The van der Waals surface area contributed by atoms with Crippen LogP contribution >= 0.6 is 0 Å². The Bertz CT molecular complexity index is 52.5. The van der Waals surface area contributed by atoms with E-state index in [2.05, 4.69) is 17.2 Å². The van der Waals surface area contributed by atoms with Gasteiger partial charge in [-0.2, -0.15) is 0 Å². The second-order valence-corrected chi connectivity index (χ2v) is 1.86. The number of alkyl halides is 2. The van der Waals surface area contributed by atoms with Gasteiger partial charge >= 0.3 is 32.7 Å². The van der Waals surface area contributed by atoms with E-state index in [-0.39, 0.29) is 39.1 Å². The van der Waals surface area contributed by atoms with Crippen molar-refractivity contribution >= 4 is 10.2 Å². The van der Waals surface area contributed by atoms with Crippen LogP contribution in [0.4, 0.5) is 8.78 Å². The summed E-state index contributed by atoms with van der Waals surface area (Å²) in [6, 6.07) is 0.302. The van der Waals surface area contributed by atoms with Gasteiger partial charge in [0.25, 0.3) is 0 Å². The van der Waals surface area contributed by atoms with E-state index in [4.69, 9.17) is 0 Å². The van der Waals surface area contributed by atoms with Crippen molar-refractivity contribution in [2.24, 2.45) is 0 Å². The largest absolute Gasteiger partial charge is 3.00 e. The summed E-state index contributed by atoms with van der Waals surface area (Å²) in [6.07, 6.45) is -0.191. The Balaban J connectivity index is 0. The molecule has 0 aliphatic heterocycles. The zero-order valence-electron chi connectivity index (χ0n) is 4.45. The number of rotatable bonds is 2. The molecule has 8 heavy (non-hydrogen) atoms. The third-order valence-electron chi connectivity index (χ3n) is 0.491. The summed E-state index contributed by atoms with van der Waals surface area (Å²) in [4.78, 5) is 0. The van der Waals surface area contributed by atoms with Crippen LogP contribution in [0, 0.1) is 6.92 Å². The zero-order chi connectivity index (χ0) is 5.91. The minimum absolute atomic E-state index is 0. The number of hydrogen-bond acceptors (Lipinski definition) is 0. The Hall–Kier alpha value is 1.18. The molecule has 0 aromatic carbocycles. The van der Waals surface area contributed by atoms with Crippen LogP contribution < -0.4 is 0 Å². The molecule has 0 unspecified atom stereocenters. The molecule has 0 atom stereocenters. The minimum Gasteiger partial charge on any atom is -0.275 e. The van der Waals surface area contributed by atoms with Crippen molar-refractivity contribution in [3.05, 3.63) is 6.92 Å². The van der Waals surface area contributed by atoms with Crippen molar-refractivity contribution in [1.29, 1.82) is 0 Å². The third kappa shape index (κ3) is 10.2. The fourth-order valence-corrected chi connectivity index (χ4v) is 0.549. The second-order valence-electron chi connectivity index (χ2n) is 1.36. The maximum atomic E-state index is 11.6. The monoisotopic (exact) mass is 209 g/mol. The van der Waals surface area contributed by atoms with E-state index in [0.29, 0.717) is 6.04 Å². The molecular formula is C4H6F2SiY+2. The van der Waals surface area contributed by atoms with Gasteiger partial charge in [0.05, 0.1) is 0 Å². The topological polar surface area (TPSA) is 0 Å². The van der Waals surface area contributed by atoms with Gasteiger partial charge in [-0.05, 0) is 6.42 Å². The molecule has 0 rings (SSSR count). The molecule has 3 radical (unpaired) electrons. The van der Waals surface area contributed by atoms with Crippen molar-refractivity contribution in [3.63, 3.8) is 0 Å². The van der Waals surface area contributed by atoms with Gasteiger partial charge in [-0.3, -0.25) is 6.92 Å². The van der Waals surface area contributed by atoms with Crippen LogP contribution in [0.1, 0.15) is 6.42 Å². The molecule has 41 valence electrons. The summed E-state index contributed by atoms with van der Waals surface area (Å²) >= 11 is 0. The average Bonchev–Trinajstić information content (AvgIpc) is 1.30. The summed E-state index contributed by atoms with van der Waals surface area (Å²) in [6.45, 7) is 2.60. The van der Waals surface area contributed by atoms with E-state index >= 15 is 0 Å². The molecular weight excluding hydrogens is 203 g/mol. The van der Waals surface area contributed by atoms with Gasteiger partial charge in [-0.15, -0.1) is 0 Å². The molecule has 0 aromatic heterocycles. The van der Waals surface area contributed by atoms with Crippen LogP contribution in [0.2, 0.25) is 6.04 Å². The molecule has 4 heteroatoms. The van der Waals surface area contributed by atoms with E-state index in [1.807, 2.05) is 0 Å². The first-order valence-electron chi connectivity index (χ1n) is 1.94. The third-order valence-corrected chi connectivity index (χ3v) is 0.741. The summed E-state index contributed by atoms with van der Waals surface area (Å²) < 4.78 is 23.2. The van der Waals surface area contributed by atoms with Crippen LogP contribution in [0.3, 0.4) is 0 Å². The molecule has 0 bridgehead atoms. The summed E-state index contributed by atoms with van der Waals surface area (Å²) in [7, 11) is 2.91. The fourth-order valence-electron chi connectivity index (χ4n) is 0.183. The van der Waals surface area contributed by atoms with E-state index in [1.54, 1.807) is 0 Å². The summed E-state index contributed by atoms with van der Waals surface area (Å²) in [5.74, 6) is -2.75. The van der Waals surface area contributed by atoms with Gasteiger partial charge in [-0.25, -0.2) is 8.78 Å². The smallest absolute Gasteiger partial charge is 0.275 e. The minimum atomic E-state index is -2.75. The van der Waals surface area contributed by atoms with Gasteiger partial charge in [0.1, 0.15) is 5.92 Å².